The Kier molecular flexibility index (Phi) is 2.55. The topological polar surface area (TPSA) is 35.2 Å². The Hall–Kier alpha value is -0.540. The maximum Gasteiger partial charge on any atom is 0.136 e. The summed E-state index contributed by atoms with van der Waals surface area (Å²) in [6.07, 6.45) is 2.18. The molecule has 1 aromatic rings. The van der Waals surface area contributed by atoms with Crippen molar-refractivity contribution in [2.75, 3.05) is 7.11 Å². The fourth-order valence-electron chi connectivity index (χ4n) is 2.02. The van der Waals surface area contributed by atoms with E-state index >= 15 is 0 Å². The van der Waals surface area contributed by atoms with Crippen LogP contribution < -0.4 is 10.5 Å². The lowest BCUT2D eigenvalue weighted by Crippen LogP contribution is -2.20. The van der Waals surface area contributed by atoms with Crippen molar-refractivity contribution < 1.29 is 4.74 Å². The van der Waals surface area contributed by atoms with Crippen molar-refractivity contribution >= 4 is 15.9 Å². The Balaban J connectivity index is 2.59. The molecule has 0 spiro atoms. The van der Waals surface area contributed by atoms with Gasteiger partial charge in [-0.05, 0) is 59.3 Å². The lowest BCUT2D eigenvalue weighted by molar-refractivity contribution is 0.408. The molecule has 3 heteroatoms. The summed E-state index contributed by atoms with van der Waals surface area (Å²) in [5.74, 6) is 0.917. The maximum atomic E-state index is 6.24. The molecule has 1 aliphatic carbocycles. The predicted octanol–water partition coefficient (Wildman–Crippen LogP) is 3.02. The van der Waals surface area contributed by atoms with Crippen LogP contribution in [0, 0.1) is 13.8 Å². The molecule has 0 radical (unpaired) electrons. The van der Waals surface area contributed by atoms with Crippen LogP contribution in [0.1, 0.15) is 29.5 Å². The first-order valence-electron chi connectivity index (χ1n) is 5.12. The Bertz CT molecular complexity index is 411. The SMILES string of the molecule is COc1c(C)cc(C2(N)CC2)c(C)c1Br. The third kappa shape index (κ3) is 1.68. The summed E-state index contributed by atoms with van der Waals surface area (Å²) in [6.45, 7) is 4.15. The van der Waals surface area contributed by atoms with Gasteiger partial charge >= 0.3 is 0 Å². The Morgan fingerprint density at radius 3 is 2.47 bits per heavy atom. The first kappa shape index (κ1) is 11.0. The highest BCUT2D eigenvalue weighted by Gasteiger charge is 2.41. The van der Waals surface area contributed by atoms with E-state index in [1.165, 1.54) is 11.1 Å². The molecule has 1 fully saturated rings. The molecule has 0 saturated heterocycles. The molecule has 0 unspecified atom stereocenters. The van der Waals surface area contributed by atoms with E-state index in [0.29, 0.717) is 0 Å². The molecule has 0 aromatic heterocycles. The molecule has 2 N–H and O–H groups in total. The first-order valence-corrected chi connectivity index (χ1v) is 5.92. The fraction of sp³-hybridized carbons (Fsp3) is 0.500. The summed E-state index contributed by atoms with van der Waals surface area (Å²) in [7, 11) is 1.70. The summed E-state index contributed by atoms with van der Waals surface area (Å²) < 4.78 is 6.40. The van der Waals surface area contributed by atoms with Crippen LogP contribution in [-0.2, 0) is 5.54 Å². The number of benzene rings is 1. The second-order valence-electron chi connectivity index (χ2n) is 4.37. The molecule has 1 saturated carbocycles. The van der Waals surface area contributed by atoms with Gasteiger partial charge < -0.3 is 10.5 Å². The Morgan fingerprint density at radius 1 is 1.40 bits per heavy atom. The van der Waals surface area contributed by atoms with E-state index < -0.39 is 0 Å². The van der Waals surface area contributed by atoms with E-state index in [1.54, 1.807) is 7.11 Å². The molecule has 0 atom stereocenters. The zero-order chi connectivity index (χ0) is 11.2. The minimum atomic E-state index is -0.0797. The summed E-state index contributed by atoms with van der Waals surface area (Å²) in [4.78, 5) is 0. The summed E-state index contributed by atoms with van der Waals surface area (Å²) in [5, 5.41) is 0. The van der Waals surface area contributed by atoms with Gasteiger partial charge in [0.1, 0.15) is 5.75 Å². The maximum absolute atomic E-state index is 6.24. The number of hydrogen-bond acceptors (Lipinski definition) is 2. The van der Waals surface area contributed by atoms with E-state index in [4.69, 9.17) is 10.5 Å². The number of halogens is 1. The molecule has 82 valence electrons. The molecular weight excluding hydrogens is 254 g/mol. The molecule has 2 nitrogen and oxygen atoms in total. The van der Waals surface area contributed by atoms with Gasteiger partial charge in [-0.1, -0.05) is 6.07 Å². The lowest BCUT2D eigenvalue weighted by atomic mass is 9.97. The van der Waals surface area contributed by atoms with Gasteiger partial charge in [-0.25, -0.2) is 0 Å². The normalized spacial score (nSPS) is 17.7. The number of aryl methyl sites for hydroxylation is 1. The third-order valence-electron chi connectivity index (χ3n) is 3.18. The van der Waals surface area contributed by atoms with E-state index in [0.717, 1.165) is 28.6 Å². The molecule has 0 heterocycles. The van der Waals surface area contributed by atoms with Crippen LogP contribution in [0.25, 0.3) is 0 Å². The average Bonchev–Trinajstić information content (AvgIpc) is 2.92. The van der Waals surface area contributed by atoms with Crippen LogP contribution in [-0.4, -0.2) is 7.11 Å². The van der Waals surface area contributed by atoms with E-state index in [9.17, 15) is 0 Å². The van der Waals surface area contributed by atoms with Gasteiger partial charge in [0.15, 0.2) is 0 Å². The second kappa shape index (κ2) is 3.49. The zero-order valence-electron chi connectivity index (χ0n) is 9.36. The minimum Gasteiger partial charge on any atom is -0.495 e. The van der Waals surface area contributed by atoms with Crippen molar-refractivity contribution in [3.05, 3.63) is 27.2 Å². The van der Waals surface area contributed by atoms with Crippen molar-refractivity contribution in [1.29, 1.82) is 0 Å². The van der Waals surface area contributed by atoms with Crippen molar-refractivity contribution in [2.45, 2.75) is 32.2 Å². The van der Waals surface area contributed by atoms with Gasteiger partial charge in [0.05, 0.1) is 11.6 Å². The number of methoxy groups -OCH3 is 1. The molecular formula is C12H16BrNO. The van der Waals surface area contributed by atoms with Crippen molar-refractivity contribution in [3.8, 4) is 5.75 Å². The largest absolute Gasteiger partial charge is 0.495 e. The van der Waals surface area contributed by atoms with Crippen LogP contribution >= 0.6 is 15.9 Å². The summed E-state index contributed by atoms with van der Waals surface area (Å²) in [5.41, 5.74) is 9.76. The van der Waals surface area contributed by atoms with Gasteiger partial charge in [-0.2, -0.15) is 0 Å². The first-order chi connectivity index (χ1) is 6.99. The highest BCUT2D eigenvalue weighted by atomic mass is 79.9. The standard InChI is InChI=1S/C12H16BrNO/c1-7-6-9(12(14)4-5-12)8(2)10(13)11(7)15-3/h6H,4-5,14H2,1-3H3. The van der Waals surface area contributed by atoms with E-state index in [2.05, 4.69) is 35.8 Å². The van der Waals surface area contributed by atoms with E-state index in [1.807, 2.05) is 0 Å². The molecule has 2 rings (SSSR count). The summed E-state index contributed by atoms with van der Waals surface area (Å²) in [6, 6.07) is 2.16. The number of ether oxygens (including phenoxy) is 1. The van der Waals surface area contributed by atoms with Gasteiger partial charge in [-0.3, -0.25) is 0 Å². The fourth-order valence-corrected chi connectivity index (χ4v) is 2.71. The number of rotatable bonds is 2. The average molecular weight is 270 g/mol. The van der Waals surface area contributed by atoms with Gasteiger partial charge in [0.25, 0.3) is 0 Å². The lowest BCUT2D eigenvalue weighted by Gasteiger charge is -2.18. The molecule has 0 aliphatic heterocycles. The van der Waals surface area contributed by atoms with Crippen LogP contribution in [0.3, 0.4) is 0 Å². The van der Waals surface area contributed by atoms with Crippen LogP contribution in [0.5, 0.6) is 5.75 Å². The molecule has 0 amide bonds. The smallest absolute Gasteiger partial charge is 0.136 e. The van der Waals surface area contributed by atoms with Crippen molar-refractivity contribution in [1.82, 2.24) is 0 Å². The van der Waals surface area contributed by atoms with E-state index in [-0.39, 0.29) is 5.54 Å². The molecule has 15 heavy (non-hydrogen) atoms. The van der Waals surface area contributed by atoms with Crippen LogP contribution in [0.4, 0.5) is 0 Å². The van der Waals surface area contributed by atoms with Crippen molar-refractivity contribution in [3.63, 3.8) is 0 Å². The Morgan fingerprint density at radius 2 is 2.00 bits per heavy atom. The number of hydrogen-bond donors (Lipinski definition) is 1. The van der Waals surface area contributed by atoms with Gasteiger partial charge in [-0.15, -0.1) is 0 Å². The summed E-state index contributed by atoms with van der Waals surface area (Å²) >= 11 is 3.58. The van der Waals surface area contributed by atoms with Gasteiger partial charge in [0.2, 0.25) is 0 Å². The molecule has 1 aliphatic rings. The van der Waals surface area contributed by atoms with Crippen LogP contribution in [0.15, 0.2) is 10.5 Å². The zero-order valence-corrected chi connectivity index (χ0v) is 10.9. The Labute approximate surface area is 98.9 Å². The highest BCUT2D eigenvalue weighted by molar-refractivity contribution is 9.10. The van der Waals surface area contributed by atoms with Crippen LogP contribution in [0.2, 0.25) is 0 Å². The molecule has 0 bridgehead atoms. The minimum absolute atomic E-state index is 0.0797. The monoisotopic (exact) mass is 269 g/mol. The predicted molar refractivity (Wildman–Crippen MR) is 65.3 cm³/mol. The van der Waals surface area contributed by atoms with Crippen molar-refractivity contribution in [2.24, 2.45) is 5.73 Å². The molecule has 1 aromatic carbocycles. The second-order valence-corrected chi connectivity index (χ2v) is 5.16. The van der Waals surface area contributed by atoms with Gasteiger partial charge in [0, 0.05) is 5.54 Å². The highest BCUT2D eigenvalue weighted by Crippen LogP contribution is 2.47. The third-order valence-corrected chi connectivity index (χ3v) is 4.14. The quantitative estimate of drug-likeness (QED) is 0.896. The number of nitrogens with two attached hydrogens (primary N) is 1.